The number of hydrogen-bond acceptors (Lipinski definition) is 6. The number of anilines is 3. The normalized spacial score (nSPS) is 10.3. The largest absolute Gasteiger partial charge is 0.368 e. The monoisotopic (exact) mass is 297 g/mol. The second kappa shape index (κ2) is 5.25. The number of aromatic nitrogens is 2. The fourth-order valence-corrected chi connectivity index (χ4v) is 1.79. The van der Waals surface area contributed by atoms with Crippen LogP contribution in [0.2, 0.25) is 5.02 Å². The number of benzene rings is 1. The van der Waals surface area contributed by atoms with E-state index >= 15 is 0 Å². The predicted octanol–water partition coefficient (Wildman–Crippen LogP) is 2.81. The van der Waals surface area contributed by atoms with E-state index in [1.54, 1.807) is 0 Å². The minimum Gasteiger partial charge on any atom is -0.368 e. The molecule has 1 aromatic heterocycles. The van der Waals surface area contributed by atoms with E-state index in [9.17, 15) is 14.5 Å². The average Bonchev–Trinajstić information content (AvgIpc) is 2.32. The maximum Gasteiger partial charge on any atom is 0.332 e. The van der Waals surface area contributed by atoms with Crippen LogP contribution < -0.4 is 11.1 Å². The van der Waals surface area contributed by atoms with E-state index in [2.05, 4.69) is 15.3 Å². The third-order valence-corrected chi connectivity index (χ3v) is 2.73. The minimum absolute atomic E-state index is 0.0809. The van der Waals surface area contributed by atoms with Gasteiger partial charge in [0.1, 0.15) is 11.5 Å². The van der Waals surface area contributed by atoms with Crippen molar-refractivity contribution in [3.8, 4) is 0 Å². The summed E-state index contributed by atoms with van der Waals surface area (Å²) in [6.07, 6.45) is 0. The number of nitro groups is 1. The van der Waals surface area contributed by atoms with Crippen molar-refractivity contribution >= 4 is 34.7 Å². The van der Waals surface area contributed by atoms with Crippen LogP contribution in [0.3, 0.4) is 0 Å². The molecule has 0 radical (unpaired) electrons. The van der Waals surface area contributed by atoms with Crippen LogP contribution in [0, 0.1) is 22.9 Å². The summed E-state index contributed by atoms with van der Waals surface area (Å²) in [5.74, 6) is -0.781. The van der Waals surface area contributed by atoms with Gasteiger partial charge >= 0.3 is 5.69 Å². The molecule has 9 heteroatoms. The highest BCUT2D eigenvalue weighted by Crippen LogP contribution is 2.29. The minimum atomic E-state index is -0.623. The molecule has 0 saturated heterocycles. The summed E-state index contributed by atoms with van der Waals surface area (Å²) in [4.78, 5) is 17.9. The number of aryl methyl sites for hydroxylation is 1. The molecule has 0 aliphatic rings. The van der Waals surface area contributed by atoms with Crippen molar-refractivity contribution in [3.63, 3.8) is 0 Å². The molecule has 0 bridgehead atoms. The summed E-state index contributed by atoms with van der Waals surface area (Å²) in [7, 11) is 0. The molecule has 2 rings (SSSR count). The number of hydrogen-bond donors (Lipinski definition) is 2. The maximum absolute atomic E-state index is 13.1. The molecule has 1 aromatic carbocycles. The average molecular weight is 298 g/mol. The summed E-state index contributed by atoms with van der Waals surface area (Å²) < 4.78 is 13.1. The number of halogens is 2. The van der Waals surface area contributed by atoms with Gasteiger partial charge in [-0.15, -0.1) is 0 Å². The van der Waals surface area contributed by atoms with Crippen molar-refractivity contribution in [3.05, 3.63) is 44.8 Å². The predicted molar refractivity (Wildman–Crippen MR) is 72.5 cm³/mol. The summed E-state index contributed by atoms with van der Waals surface area (Å²) >= 11 is 5.64. The molecule has 104 valence electrons. The Morgan fingerprint density at radius 3 is 2.75 bits per heavy atom. The third-order valence-electron chi connectivity index (χ3n) is 2.44. The van der Waals surface area contributed by atoms with Gasteiger partial charge < -0.3 is 11.1 Å². The lowest BCUT2D eigenvalue weighted by molar-refractivity contribution is -0.385. The zero-order valence-electron chi connectivity index (χ0n) is 10.2. The highest BCUT2D eigenvalue weighted by Gasteiger charge is 2.21. The Bertz CT molecular complexity index is 695. The van der Waals surface area contributed by atoms with Crippen LogP contribution in [0.1, 0.15) is 5.69 Å². The van der Waals surface area contributed by atoms with Crippen LogP contribution in [0.25, 0.3) is 0 Å². The van der Waals surface area contributed by atoms with Crippen molar-refractivity contribution < 1.29 is 9.31 Å². The molecule has 0 aliphatic heterocycles. The SMILES string of the molecule is Cc1nc(N)nc(Nc2ccc(F)c(Cl)c2)c1[N+](=O)[O-]. The van der Waals surface area contributed by atoms with E-state index in [0.717, 1.165) is 6.07 Å². The maximum atomic E-state index is 13.1. The first kappa shape index (κ1) is 13.9. The molecule has 20 heavy (non-hydrogen) atoms. The Hall–Kier alpha value is -2.48. The zero-order chi connectivity index (χ0) is 14.9. The standard InChI is InChI=1S/C11H9ClFN5O2/c1-5-9(18(19)20)10(17-11(14)15-5)16-6-2-3-8(13)7(12)4-6/h2-4H,1H3,(H3,14,15,16,17). The Morgan fingerprint density at radius 1 is 1.45 bits per heavy atom. The molecular formula is C11H9ClFN5O2. The lowest BCUT2D eigenvalue weighted by Crippen LogP contribution is -2.07. The fraction of sp³-hybridized carbons (Fsp3) is 0.0909. The van der Waals surface area contributed by atoms with E-state index in [0.29, 0.717) is 5.69 Å². The number of nitrogens with two attached hydrogens (primary N) is 1. The Balaban J connectivity index is 2.47. The molecule has 0 amide bonds. The van der Waals surface area contributed by atoms with Gasteiger partial charge in [0.2, 0.25) is 11.8 Å². The molecule has 1 heterocycles. The fourth-order valence-electron chi connectivity index (χ4n) is 1.60. The van der Waals surface area contributed by atoms with Gasteiger partial charge in [-0.05, 0) is 25.1 Å². The molecule has 3 N–H and O–H groups in total. The lowest BCUT2D eigenvalue weighted by atomic mass is 10.3. The van der Waals surface area contributed by atoms with Crippen LogP contribution in [-0.2, 0) is 0 Å². The van der Waals surface area contributed by atoms with Gasteiger partial charge in [0.15, 0.2) is 0 Å². The van der Waals surface area contributed by atoms with E-state index in [-0.39, 0.29) is 28.2 Å². The van der Waals surface area contributed by atoms with Gasteiger partial charge in [-0.2, -0.15) is 4.98 Å². The van der Waals surface area contributed by atoms with Gasteiger partial charge in [0, 0.05) is 5.69 Å². The highest BCUT2D eigenvalue weighted by atomic mass is 35.5. The van der Waals surface area contributed by atoms with Crippen molar-refractivity contribution in [2.45, 2.75) is 6.92 Å². The van der Waals surface area contributed by atoms with Gasteiger partial charge in [0.05, 0.1) is 9.95 Å². The first-order valence-electron chi connectivity index (χ1n) is 5.39. The van der Waals surface area contributed by atoms with Crippen LogP contribution in [0.15, 0.2) is 18.2 Å². The molecule has 0 aliphatic carbocycles. The quantitative estimate of drug-likeness (QED) is 0.666. The molecule has 0 spiro atoms. The highest BCUT2D eigenvalue weighted by molar-refractivity contribution is 6.31. The summed E-state index contributed by atoms with van der Waals surface area (Å²) in [6, 6.07) is 3.79. The number of rotatable bonds is 3. The molecule has 7 nitrogen and oxygen atoms in total. The van der Waals surface area contributed by atoms with Gasteiger partial charge in [0.25, 0.3) is 0 Å². The Labute approximate surface area is 117 Å². The first-order valence-corrected chi connectivity index (χ1v) is 5.77. The van der Waals surface area contributed by atoms with Crippen molar-refractivity contribution in [1.82, 2.24) is 9.97 Å². The van der Waals surface area contributed by atoms with Crippen molar-refractivity contribution in [2.24, 2.45) is 0 Å². The molecule has 2 aromatic rings. The van der Waals surface area contributed by atoms with Crippen LogP contribution in [-0.4, -0.2) is 14.9 Å². The third kappa shape index (κ3) is 2.75. The van der Waals surface area contributed by atoms with E-state index in [4.69, 9.17) is 17.3 Å². The number of nitrogens with one attached hydrogen (secondary N) is 1. The molecule has 0 atom stereocenters. The summed E-state index contributed by atoms with van der Waals surface area (Å²) in [5, 5.41) is 13.6. The van der Waals surface area contributed by atoms with Gasteiger partial charge in [-0.25, -0.2) is 9.37 Å². The van der Waals surface area contributed by atoms with Gasteiger partial charge in [-0.1, -0.05) is 11.6 Å². The number of nitrogen functional groups attached to an aromatic ring is 1. The Morgan fingerprint density at radius 2 is 2.15 bits per heavy atom. The van der Waals surface area contributed by atoms with Crippen LogP contribution in [0.4, 0.5) is 27.5 Å². The van der Waals surface area contributed by atoms with E-state index < -0.39 is 10.7 Å². The van der Waals surface area contributed by atoms with Crippen LogP contribution >= 0.6 is 11.6 Å². The Kier molecular flexibility index (Phi) is 3.66. The molecule has 0 saturated carbocycles. The lowest BCUT2D eigenvalue weighted by Gasteiger charge is -2.08. The second-order valence-corrected chi connectivity index (χ2v) is 4.28. The zero-order valence-corrected chi connectivity index (χ0v) is 11.0. The topological polar surface area (TPSA) is 107 Å². The molecule has 0 fully saturated rings. The van der Waals surface area contributed by atoms with Gasteiger partial charge in [-0.3, -0.25) is 10.1 Å². The first-order chi connectivity index (χ1) is 9.38. The smallest absolute Gasteiger partial charge is 0.332 e. The van der Waals surface area contributed by atoms with E-state index in [1.807, 2.05) is 0 Å². The van der Waals surface area contributed by atoms with Crippen molar-refractivity contribution in [2.75, 3.05) is 11.1 Å². The second-order valence-electron chi connectivity index (χ2n) is 3.88. The number of nitrogens with zero attached hydrogens (tertiary/aromatic N) is 3. The summed E-state index contributed by atoms with van der Waals surface area (Å²) in [6.45, 7) is 1.44. The van der Waals surface area contributed by atoms with Crippen molar-refractivity contribution in [1.29, 1.82) is 0 Å². The van der Waals surface area contributed by atoms with Crippen LogP contribution in [0.5, 0.6) is 0 Å². The molecule has 0 unspecified atom stereocenters. The molecular weight excluding hydrogens is 289 g/mol. The van der Waals surface area contributed by atoms with E-state index in [1.165, 1.54) is 19.1 Å². The summed E-state index contributed by atoms with van der Waals surface area (Å²) in [5.41, 5.74) is 5.63.